The van der Waals surface area contributed by atoms with Crippen LogP contribution in [0.25, 0.3) is 11.1 Å². The van der Waals surface area contributed by atoms with Gasteiger partial charge in [-0.1, -0.05) is 55.1 Å². The van der Waals surface area contributed by atoms with E-state index in [2.05, 4.69) is 44.3 Å². The summed E-state index contributed by atoms with van der Waals surface area (Å²) in [5, 5.41) is 0. The van der Waals surface area contributed by atoms with Gasteiger partial charge < -0.3 is 4.74 Å². The maximum atomic E-state index is 11.8. The third kappa shape index (κ3) is 3.23. The summed E-state index contributed by atoms with van der Waals surface area (Å²) in [6.07, 6.45) is 1.40. The molecule has 0 heterocycles. The number of carbonyl (C=O) groups excluding carboxylic acids is 1. The minimum absolute atomic E-state index is 0.248. The van der Waals surface area contributed by atoms with Gasteiger partial charge in [-0.2, -0.15) is 0 Å². The monoisotopic (exact) mass is 264 g/mol. The largest absolute Gasteiger partial charge is 0.424 e. The molecule has 0 aliphatic heterocycles. The first-order valence-electron chi connectivity index (χ1n) is 6.31. The first-order chi connectivity index (χ1) is 9.60. The summed E-state index contributed by atoms with van der Waals surface area (Å²) in [5.41, 5.74) is 3.89. The van der Waals surface area contributed by atoms with Crippen LogP contribution in [-0.2, 0) is 4.74 Å². The van der Waals surface area contributed by atoms with Gasteiger partial charge in [0.25, 0.3) is 0 Å². The van der Waals surface area contributed by atoms with Crippen molar-refractivity contribution in [2.24, 2.45) is 0 Å². The van der Waals surface area contributed by atoms with Crippen LogP contribution in [0, 0.1) is 6.92 Å². The molecule has 100 valence electrons. The Morgan fingerprint density at radius 3 is 2.00 bits per heavy atom. The summed E-state index contributed by atoms with van der Waals surface area (Å²) < 4.78 is 5.00. The van der Waals surface area contributed by atoms with E-state index < -0.39 is 5.97 Å². The van der Waals surface area contributed by atoms with E-state index in [-0.39, 0.29) is 5.76 Å². The molecule has 0 N–H and O–H groups in total. The number of carbonyl (C=O) groups is 1. The Bertz CT molecular complexity index is 634. The van der Waals surface area contributed by atoms with E-state index in [1.165, 1.54) is 11.6 Å². The average Bonchev–Trinajstić information content (AvgIpc) is 2.48. The molecule has 2 nitrogen and oxygen atoms in total. The Labute approximate surface area is 119 Å². The van der Waals surface area contributed by atoms with Gasteiger partial charge in [0.15, 0.2) is 0 Å². The van der Waals surface area contributed by atoms with Crippen LogP contribution >= 0.6 is 0 Å². The number of rotatable bonds is 4. The molecule has 0 spiro atoms. The summed E-state index contributed by atoms with van der Waals surface area (Å²) in [5.74, 6) is -0.178. The van der Waals surface area contributed by atoms with Crippen molar-refractivity contribution >= 4 is 5.97 Å². The second-order valence-electron chi connectivity index (χ2n) is 4.50. The second-order valence-corrected chi connectivity index (χ2v) is 4.50. The molecule has 0 amide bonds. The Balaban J connectivity index is 2.17. The van der Waals surface area contributed by atoms with Crippen LogP contribution in [0.5, 0.6) is 0 Å². The average molecular weight is 264 g/mol. The Morgan fingerprint density at radius 1 is 1.00 bits per heavy atom. The summed E-state index contributed by atoms with van der Waals surface area (Å²) >= 11 is 0. The fourth-order valence-corrected chi connectivity index (χ4v) is 1.76. The second kappa shape index (κ2) is 6.02. The summed E-state index contributed by atoms with van der Waals surface area (Å²) in [6, 6.07) is 15.5. The Hall–Kier alpha value is -2.61. The third-order valence-corrected chi connectivity index (χ3v) is 2.96. The van der Waals surface area contributed by atoms with Crippen LogP contribution in [0.1, 0.15) is 15.9 Å². The van der Waals surface area contributed by atoms with Crippen LogP contribution in [0.2, 0.25) is 0 Å². The molecule has 0 aliphatic carbocycles. The van der Waals surface area contributed by atoms with Crippen LogP contribution < -0.4 is 0 Å². The first kappa shape index (κ1) is 13.8. The molecule has 0 fully saturated rings. The number of hydrogen-bond donors (Lipinski definition) is 0. The van der Waals surface area contributed by atoms with Crippen LogP contribution in [-0.4, -0.2) is 5.97 Å². The topological polar surface area (TPSA) is 26.3 Å². The molecule has 0 unspecified atom stereocenters. The summed E-state index contributed by atoms with van der Waals surface area (Å²) in [4.78, 5) is 11.8. The van der Waals surface area contributed by atoms with E-state index in [0.29, 0.717) is 5.56 Å². The highest BCUT2D eigenvalue weighted by atomic mass is 16.5. The summed E-state index contributed by atoms with van der Waals surface area (Å²) in [7, 11) is 0. The van der Waals surface area contributed by atoms with Crippen LogP contribution in [0.15, 0.2) is 73.5 Å². The van der Waals surface area contributed by atoms with Crippen molar-refractivity contribution in [2.45, 2.75) is 6.92 Å². The van der Waals surface area contributed by atoms with Gasteiger partial charge >= 0.3 is 5.97 Å². The minimum atomic E-state index is -0.426. The smallest absolute Gasteiger partial charge is 0.343 e. The van der Waals surface area contributed by atoms with Gasteiger partial charge in [-0.15, -0.1) is 0 Å². The fourth-order valence-electron chi connectivity index (χ4n) is 1.76. The maximum Gasteiger partial charge on any atom is 0.343 e. The normalized spacial score (nSPS) is 9.85. The van der Waals surface area contributed by atoms with Crippen LogP contribution in [0.3, 0.4) is 0 Å². The molecular weight excluding hydrogens is 248 g/mol. The van der Waals surface area contributed by atoms with E-state index in [0.717, 1.165) is 11.1 Å². The molecule has 2 aromatic carbocycles. The van der Waals surface area contributed by atoms with Crippen molar-refractivity contribution in [1.29, 1.82) is 0 Å². The highest BCUT2D eigenvalue weighted by molar-refractivity contribution is 5.90. The van der Waals surface area contributed by atoms with Gasteiger partial charge in [-0.25, -0.2) is 4.79 Å². The predicted octanol–water partition coefficient (Wildman–Crippen LogP) is 4.52. The lowest BCUT2D eigenvalue weighted by Crippen LogP contribution is -2.03. The van der Waals surface area contributed by atoms with E-state index >= 15 is 0 Å². The molecule has 0 radical (unpaired) electrons. The van der Waals surface area contributed by atoms with Gasteiger partial charge in [0.2, 0.25) is 0 Å². The number of allylic oxidation sites excluding steroid dienone is 1. The quantitative estimate of drug-likeness (QED) is 0.461. The van der Waals surface area contributed by atoms with Gasteiger partial charge in [0.05, 0.1) is 5.56 Å². The minimum Gasteiger partial charge on any atom is -0.424 e. The van der Waals surface area contributed by atoms with Crippen molar-refractivity contribution in [3.8, 4) is 11.1 Å². The third-order valence-electron chi connectivity index (χ3n) is 2.96. The fraction of sp³-hybridized carbons (Fsp3) is 0.0556. The molecule has 0 saturated carbocycles. The van der Waals surface area contributed by atoms with Crippen molar-refractivity contribution in [1.82, 2.24) is 0 Å². The predicted molar refractivity (Wildman–Crippen MR) is 81.4 cm³/mol. The molecule has 0 aromatic heterocycles. The SMILES string of the molecule is C=CC(=C)OC(=O)c1ccc(-c2ccc(C)cc2)cc1. The lowest BCUT2D eigenvalue weighted by atomic mass is 10.0. The van der Waals surface area contributed by atoms with E-state index in [9.17, 15) is 4.79 Å². The zero-order valence-corrected chi connectivity index (χ0v) is 11.4. The van der Waals surface area contributed by atoms with Gasteiger partial charge in [0.1, 0.15) is 5.76 Å². The van der Waals surface area contributed by atoms with Crippen molar-refractivity contribution in [2.75, 3.05) is 0 Å². The van der Waals surface area contributed by atoms with E-state index in [1.54, 1.807) is 12.1 Å². The highest BCUT2D eigenvalue weighted by Gasteiger charge is 2.08. The maximum absolute atomic E-state index is 11.8. The van der Waals surface area contributed by atoms with E-state index in [1.807, 2.05) is 12.1 Å². The van der Waals surface area contributed by atoms with Crippen LogP contribution in [0.4, 0.5) is 0 Å². The van der Waals surface area contributed by atoms with E-state index in [4.69, 9.17) is 4.74 Å². The Morgan fingerprint density at radius 2 is 1.50 bits per heavy atom. The molecule has 0 bridgehead atoms. The zero-order valence-electron chi connectivity index (χ0n) is 11.4. The van der Waals surface area contributed by atoms with Crippen molar-refractivity contribution in [3.63, 3.8) is 0 Å². The molecule has 20 heavy (non-hydrogen) atoms. The molecule has 2 aromatic rings. The molecule has 2 heteroatoms. The van der Waals surface area contributed by atoms with Gasteiger partial charge in [-0.05, 0) is 36.3 Å². The molecular formula is C18H16O2. The number of benzene rings is 2. The standard InChI is InChI=1S/C18H16O2/c1-4-14(3)20-18(19)17-11-9-16(10-12-17)15-7-5-13(2)6-8-15/h4-12H,1,3H2,2H3. The number of esters is 1. The molecule has 0 atom stereocenters. The highest BCUT2D eigenvalue weighted by Crippen LogP contribution is 2.20. The number of aryl methyl sites for hydroxylation is 1. The number of ether oxygens (including phenoxy) is 1. The number of hydrogen-bond acceptors (Lipinski definition) is 2. The van der Waals surface area contributed by atoms with Crippen molar-refractivity contribution in [3.05, 3.63) is 84.7 Å². The molecule has 2 rings (SSSR count). The molecule has 0 saturated heterocycles. The summed E-state index contributed by atoms with van der Waals surface area (Å²) in [6.45, 7) is 9.09. The lowest BCUT2D eigenvalue weighted by Gasteiger charge is -2.05. The van der Waals surface area contributed by atoms with Crippen molar-refractivity contribution < 1.29 is 9.53 Å². The zero-order chi connectivity index (χ0) is 14.5. The Kier molecular flexibility index (Phi) is 4.16. The lowest BCUT2D eigenvalue weighted by molar-refractivity contribution is 0.0638. The first-order valence-corrected chi connectivity index (χ1v) is 6.31. The van der Waals surface area contributed by atoms with Gasteiger partial charge in [-0.3, -0.25) is 0 Å². The van der Waals surface area contributed by atoms with Gasteiger partial charge in [0, 0.05) is 0 Å². The molecule has 0 aliphatic rings.